The van der Waals surface area contributed by atoms with E-state index in [0.717, 1.165) is 37.3 Å². The molecular weight excluding hydrogens is 514 g/mol. The van der Waals surface area contributed by atoms with Crippen molar-refractivity contribution in [3.8, 4) is 5.69 Å². The number of nitrogens with zero attached hydrogens (tertiary/aromatic N) is 2. The Balaban J connectivity index is 1.56. The minimum atomic E-state index is -0.109. The number of nitrogens with one attached hydrogen (secondary N) is 1. The van der Waals surface area contributed by atoms with Gasteiger partial charge in [0.2, 0.25) is 5.91 Å². The molecule has 0 bridgehead atoms. The Morgan fingerprint density at radius 2 is 1.83 bits per heavy atom. The lowest BCUT2D eigenvalue weighted by Crippen LogP contribution is -2.19. The first-order valence-corrected chi connectivity index (χ1v) is 11.8. The van der Waals surface area contributed by atoms with Crippen molar-refractivity contribution in [3.63, 3.8) is 0 Å². The highest BCUT2D eigenvalue weighted by Gasteiger charge is 2.10. The summed E-state index contributed by atoms with van der Waals surface area (Å²) in [5.41, 5.74) is 8.04. The number of hydrazone groups is 1. The number of aryl methyl sites for hydroxylation is 1. The fourth-order valence-corrected chi connectivity index (χ4v) is 4.63. The van der Waals surface area contributed by atoms with E-state index in [4.69, 9.17) is 0 Å². The summed E-state index contributed by atoms with van der Waals surface area (Å²) in [6.45, 7) is 4.10. The van der Waals surface area contributed by atoms with E-state index in [1.54, 1.807) is 18.0 Å². The number of hydrogen-bond acceptors (Lipinski definition) is 3. The van der Waals surface area contributed by atoms with Gasteiger partial charge in [0.1, 0.15) is 0 Å². The largest absolute Gasteiger partial charge is 0.318 e. The normalized spacial score (nSPS) is 11.2. The Kier molecular flexibility index (Phi) is 7.75. The van der Waals surface area contributed by atoms with Crippen LogP contribution in [0.4, 0.5) is 0 Å². The number of hydrogen-bond donors (Lipinski definition) is 1. The molecule has 0 saturated heterocycles. The summed E-state index contributed by atoms with van der Waals surface area (Å²) in [5, 5.41) is 4.14. The van der Waals surface area contributed by atoms with Crippen molar-refractivity contribution in [1.82, 2.24) is 9.99 Å². The molecule has 1 heterocycles. The molecule has 3 rings (SSSR count). The Hall–Kier alpha value is -1.83. The molecule has 0 aliphatic carbocycles. The number of carbonyl (C=O) groups is 1. The molecule has 0 spiro atoms. The minimum Gasteiger partial charge on any atom is -0.318 e. The zero-order valence-corrected chi connectivity index (χ0v) is 20.1. The monoisotopic (exact) mass is 533 g/mol. The van der Waals surface area contributed by atoms with Crippen LogP contribution in [0.25, 0.3) is 5.69 Å². The maximum atomic E-state index is 12.0. The third-order valence-electron chi connectivity index (χ3n) is 4.32. The SMILES string of the molecule is Cc1cc(/C=N/NC(=O)CSCc2cccc(Br)c2)c(C)n1-c1cccc(Br)c1. The summed E-state index contributed by atoms with van der Waals surface area (Å²) in [6.07, 6.45) is 1.70. The topological polar surface area (TPSA) is 46.4 Å². The Morgan fingerprint density at radius 1 is 1.10 bits per heavy atom. The van der Waals surface area contributed by atoms with E-state index in [1.165, 1.54) is 5.56 Å². The minimum absolute atomic E-state index is 0.109. The van der Waals surface area contributed by atoms with Crippen LogP contribution in [0.1, 0.15) is 22.5 Å². The van der Waals surface area contributed by atoms with Crippen LogP contribution >= 0.6 is 43.6 Å². The van der Waals surface area contributed by atoms with Crippen molar-refractivity contribution in [1.29, 1.82) is 0 Å². The van der Waals surface area contributed by atoms with Crippen molar-refractivity contribution in [2.24, 2.45) is 5.10 Å². The summed E-state index contributed by atoms with van der Waals surface area (Å²) >= 11 is 8.54. The average Bonchev–Trinajstić information content (AvgIpc) is 2.95. The molecule has 29 heavy (non-hydrogen) atoms. The van der Waals surface area contributed by atoms with Gasteiger partial charge in [0.15, 0.2) is 0 Å². The van der Waals surface area contributed by atoms with E-state index in [1.807, 2.05) is 31.2 Å². The quantitative estimate of drug-likeness (QED) is 0.298. The molecule has 0 atom stereocenters. The summed E-state index contributed by atoms with van der Waals surface area (Å²) in [5.74, 6) is 1.03. The van der Waals surface area contributed by atoms with Crippen LogP contribution in [0.2, 0.25) is 0 Å². The summed E-state index contributed by atoms with van der Waals surface area (Å²) < 4.78 is 4.25. The van der Waals surface area contributed by atoms with E-state index in [2.05, 4.69) is 84.2 Å². The van der Waals surface area contributed by atoms with Gasteiger partial charge in [-0.2, -0.15) is 5.10 Å². The Bertz CT molecular complexity index is 1050. The lowest BCUT2D eigenvalue weighted by Gasteiger charge is -2.09. The first-order chi connectivity index (χ1) is 13.9. The number of amides is 1. The summed E-state index contributed by atoms with van der Waals surface area (Å²) in [4.78, 5) is 12.0. The standard InChI is InChI=1S/C22H21Br2N3OS/c1-15-9-18(16(2)27(15)21-8-4-7-20(24)11-21)12-25-26-22(28)14-29-13-17-5-3-6-19(23)10-17/h3-12H,13-14H2,1-2H3,(H,26,28)/b25-12+. The van der Waals surface area contributed by atoms with E-state index >= 15 is 0 Å². The van der Waals surface area contributed by atoms with Crippen LogP contribution in [-0.2, 0) is 10.5 Å². The molecule has 0 unspecified atom stereocenters. The highest BCUT2D eigenvalue weighted by molar-refractivity contribution is 9.10. The zero-order valence-electron chi connectivity index (χ0n) is 16.2. The van der Waals surface area contributed by atoms with Gasteiger partial charge in [-0.3, -0.25) is 4.79 Å². The first-order valence-electron chi connectivity index (χ1n) is 9.03. The van der Waals surface area contributed by atoms with Gasteiger partial charge in [0.05, 0.1) is 12.0 Å². The number of thioether (sulfide) groups is 1. The zero-order chi connectivity index (χ0) is 20.8. The van der Waals surface area contributed by atoms with E-state index < -0.39 is 0 Å². The third kappa shape index (κ3) is 6.07. The molecule has 0 fully saturated rings. The molecule has 1 amide bonds. The molecule has 0 saturated carbocycles. The number of benzene rings is 2. The predicted octanol–water partition coefficient (Wildman–Crippen LogP) is 6.00. The lowest BCUT2D eigenvalue weighted by atomic mass is 10.2. The Morgan fingerprint density at radius 3 is 2.55 bits per heavy atom. The molecule has 0 aliphatic heterocycles. The van der Waals surface area contributed by atoms with Gasteiger partial charge < -0.3 is 4.57 Å². The smallest absolute Gasteiger partial charge is 0.250 e. The summed E-state index contributed by atoms with van der Waals surface area (Å²) in [6, 6.07) is 18.3. The van der Waals surface area contributed by atoms with Crippen LogP contribution in [0, 0.1) is 13.8 Å². The van der Waals surface area contributed by atoms with Crippen LogP contribution in [0.3, 0.4) is 0 Å². The van der Waals surface area contributed by atoms with E-state index in [-0.39, 0.29) is 5.91 Å². The maximum absolute atomic E-state index is 12.0. The van der Waals surface area contributed by atoms with Crippen LogP contribution in [0.5, 0.6) is 0 Å². The number of rotatable bonds is 7. The second-order valence-corrected chi connectivity index (χ2v) is 9.37. The lowest BCUT2D eigenvalue weighted by molar-refractivity contribution is -0.118. The van der Waals surface area contributed by atoms with E-state index in [9.17, 15) is 4.79 Å². The van der Waals surface area contributed by atoms with E-state index in [0.29, 0.717) is 5.75 Å². The molecule has 7 heteroatoms. The Labute approximate surface area is 192 Å². The predicted molar refractivity (Wildman–Crippen MR) is 129 cm³/mol. The van der Waals surface area contributed by atoms with Gasteiger partial charge >= 0.3 is 0 Å². The van der Waals surface area contributed by atoms with Crippen molar-refractivity contribution < 1.29 is 4.79 Å². The molecule has 0 radical (unpaired) electrons. The van der Waals surface area contributed by atoms with Gasteiger partial charge in [-0.1, -0.05) is 50.1 Å². The number of aromatic nitrogens is 1. The molecular formula is C22H21Br2N3OS. The highest BCUT2D eigenvalue weighted by Crippen LogP contribution is 2.22. The van der Waals surface area contributed by atoms with Gasteiger partial charge in [-0.25, -0.2) is 5.43 Å². The molecule has 1 aromatic heterocycles. The van der Waals surface area contributed by atoms with Crippen molar-refractivity contribution in [2.45, 2.75) is 19.6 Å². The van der Waals surface area contributed by atoms with Crippen molar-refractivity contribution in [2.75, 3.05) is 5.75 Å². The molecule has 150 valence electrons. The second-order valence-electron chi connectivity index (χ2n) is 6.56. The molecule has 2 aromatic carbocycles. The molecule has 4 nitrogen and oxygen atoms in total. The third-order valence-corrected chi connectivity index (χ3v) is 6.31. The van der Waals surface area contributed by atoms with Crippen LogP contribution < -0.4 is 5.43 Å². The number of carbonyl (C=O) groups excluding carboxylic acids is 1. The number of halogens is 2. The van der Waals surface area contributed by atoms with Gasteiger partial charge in [0, 0.05) is 37.3 Å². The summed E-state index contributed by atoms with van der Waals surface area (Å²) in [7, 11) is 0. The van der Waals surface area contributed by atoms with Crippen molar-refractivity contribution in [3.05, 3.63) is 86.1 Å². The average molecular weight is 535 g/mol. The van der Waals surface area contributed by atoms with Gasteiger partial charge in [-0.05, 0) is 55.8 Å². The fraction of sp³-hybridized carbons (Fsp3) is 0.182. The van der Waals surface area contributed by atoms with Gasteiger partial charge in [0.25, 0.3) is 0 Å². The highest BCUT2D eigenvalue weighted by atomic mass is 79.9. The molecule has 1 N–H and O–H groups in total. The van der Waals surface area contributed by atoms with Crippen LogP contribution in [-0.4, -0.2) is 22.4 Å². The van der Waals surface area contributed by atoms with Crippen molar-refractivity contribution >= 4 is 55.7 Å². The van der Waals surface area contributed by atoms with Gasteiger partial charge in [-0.15, -0.1) is 11.8 Å². The first kappa shape index (κ1) is 21.9. The fourth-order valence-electron chi connectivity index (χ4n) is 3.03. The maximum Gasteiger partial charge on any atom is 0.250 e. The second kappa shape index (κ2) is 10.3. The van der Waals surface area contributed by atoms with Crippen LogP contribution in [0.15, 0.2) is 68.6 Å². The molecule has 0 aliphatic rings. The molecule has 3 aromatic rings.